The highest BCUT2D eigenvalue weighted by molar-refractivity contribution is 5.74. The molecule has 2 amide bonds. The summed E-state index contributed by atoms with van der Waals surface area (Å²) < 4.78 is 6.36. The van der Waals surface area contributed by atoms with Gasteiger partial charge in [0.2, 0.25) is 0 Å². The Balaban J connectivity index is 1.44. The van der Waals surface area contributed by atoms with Gasteiger partial charge in [-0.3, -0.25) is 4.90 Å². The van der Waals surface area contributed by atoms with Gasteiger partial charge in [0.1, 0.15) is 5.60 Å². The van der Waals surface area contributed by atoms with Crippen LogP contribution in [-0.4, -0.2) is 48.8 Å². The summed E-state index contributed by atoms with van der Waals surface area (Å²) in [7, 11) is 0. The van der Waals surface area contributed by atoms with E-state index in [9.17, 15) is 4.79 Å². The zero-order chi connectivity index (χ0) is 18.7. The first-order chi connectivity index (χ1) is 13.2. The molecule has 5 nitrogen and oxygen atoms in total. The van der Waals surface area contributed by atoms with Gasteiger partial charge in [0.15, 0.2) is 0 Å². The summed E-state index contributed by atoms with van der Waals surface area (Å²) >= 11 is 0. The molecule has 2 aliphatic carbocycles. The Morgan fingerprint density at radius 1 is 1.26 bits per heavy atom. The summed E-state index contributed by atoms with van der Waals surface area (Å²) in [6, 6.07) is 7.07. The number of hydrogen-bond acceptors (Lipinski definition) is 3. The van der Waals surface area contributed by atoms with Gasteiger partial charge in [0.05, 0.1) is 12.6 Å². The Bertz CT molecular complexity index is 674. The monoisotopic (exact) mass is 371 g/mol. The number of rotatable bonds is 4. The van der Waals surface area contributed by atoms with Gasteiger partial charge in [-0.25, -0.2) is 4.79 Å². The number of benzene rings is 1. The summed E-state index contributed by atoms with van der Waals surface area (Å²) in [5.41, 5.74) is 4.26. The SMILES string of the molecule is CCNC(=O)NC1CCCCC12CN(Cc1ccc3c(c1)CCC3)CCO2. The zero-order valence-corrected chi connectivity index (χ0v) is 16.6. The quantitative estimate of drug-likeness (QED) is 0.855. The number of fused-ring (bicyclic) bond motifs is 1. The van der Waals surface area contributed by atoms with Gasteiger partial charge in [-0.2, -0.15) is 0 Å². The molecule has 3 aliphatic rings. The Morgan fingerprint density at radius 2 is 2.15 bits per heavy atom. The Kier molecular flexibility index (Phi) is 5.69. The maximum absolute atomic E-state index is 12.1. The first kappa shape index (κ1) is 18.8. The van der Waals surface area contributed by atoms with E-state index in [1.54, 1.807) is 5.56 Å². The largest absolute Gasteiger partial charge is 0.370 e. The fraction of sp³-hybridized carbons (Fsp3) is 0.682. The summed E-state index contributed by atoms with van der Waals surface area (Å²) in [5, 5.41) is 6.07. The van der Waals surface area contributed by atoms with Gasteiger partial charge in [-0.1, -0.05) is 31.0 Å². The number of nitrogens with zero attached hydrogens (tertiary/aromatic N) is 1. The highest BCUT2D eigenvalue weighted by Gasteiger charge is 2.45. The molecule has 2 atom stereocenters. The van der Waals surface area contributed by atoms with Crippen LogP contribution in [0.5, 0.6) is 0 Å². The minimum atomic E-state index is -0.238. The van der Waals surface area contributed by atoms with E-state index < -0.39 is 0 Å². The summed E-state index contributed by atoms with van der Waals surface area (Å²) in [6.45, 7) is 6.20. The van der Waals surface area contributed by atoms with Crippen LogP contribution in [0.2, 0.25) is 0 Å². The molecule has 2 fully saturated rings. The predicted molar refractivity (Wildman–Crippen MR) is 107 cm³/mol. The van der Waals surface area contributed by atoms with Crippen molar-refractivity contribution in [2.24, 2.45) is 0 Å². The van der Waals surface area contributed by atoms with Crippen molar-refractivity contribution in [2.75, 3.05) is 26.2 Å². The summed E-state index contributed by atoms with van der Waals surface area (Å²) in [6.07, 6.45) is 8.15. The van der Waals surface area contributed by atoms with Crippen molar-refractivity contribution < 1.29 is 9.53 Å². The van der Waals surface area contributed by atoms with Crippen LogP contribution in [0.15, 0.2) is 18.2 Å². The number of amides is 2. The molecule has 1 aliphatic heterocycles. The molecule has 2 N–H and O–H groups in total. The van der Waals surface area contributed by atoms with Crippen molar-refractivity contribution in [2.45, 2.75) is 70.1 Å². The topological polar surface area (TPSA) is 53.6 Å². The van der Waals surface area contributed by atoms with Crippen LogP contribution in [-0.2, 0) is 24.1 Å². The van der Waals surface area contributed by atoms with E-state index in [-0.39, 0.29) is 17.7 Å². The highest BCUT2D eigenvalue weighted by Crippen LogP contribution is 2.35. The number of carbonyl (C=O) groups is 1. The first-order valence-corrected chi connectivity index (χ1v) is 10.7. The van der Waals surface area contributed by atoms with Crippen molar-refractivity contribution in [1.29, 1.82) is 0 Å². The lowest BCUT2D eigenvalue weighted by atomic mass is 9.79. The molecule has 148 valence electrons. The molecule has 0 aromatic heterocycles. The molecule has 0 bridgehead atoms. The van der Waals surface area contributed by atoms with Gasteiger partial charge < -0.3 is 15.4 Å². The van der Waals surface area contributed by atoms with E-state index in [1.807, 2.05) is 6.92 Å². The van der Waals surface area contributed by atoms with Crippen molar-refractivity contribution in [1.82, 2.24) is 15.5 Å². The number of aryl methyl sites for hydroxylation is 2. The van der Waals surface area contributed by atoms with Crippen molar-refractivity contribution in [3.05, 3.63) is 34.9 Å². The van der Waals surface area contributed by atoms with Crippen molar-refractivity contribution in [3.63, 3.8) is 0 Å². The molecule has 1 heterocycles. The average Bonchev–Trinajstić information content (AvgIpc) is 3.12. The number of nitrogens with one attached hydrogen (secondary N) is 2. The Hall–Kier alpha value is -1.59. The maximum atomic E-state index is 12.1. The third kappa shape index (κ3) is 4.14. The predicted octanol–water partition coefficient (Wildman–Crippen LogP) is 3.01. The minimum Gasteiger partial charge on any atom is -0.370 e. The molecule has 1 saturated carbocycles. The van der Waals surface area contributed by atoms with Crippen LogP contribution in [0.1, 0.15) is 55.7 Å². The average molecular weight is 372 g/mol. The maximum Gasteiger partial charge on any atom is 0.315 e. The molecule has 0 radical (unpaired) electrons. The van der Waals surface area contributed by atoms with Crippen LogP contribution < -0.4 is 10.6 Å². The highest BCUT2D eigenvalue weighted by atomic mass is 16.5. The van der Waals surface area contributed by atoms with Crippen LogP contribution >= 0.6 is 0 Å². The van der Waals surface area contributed by atoms with Gasteiger partial charge in [-0.05, 0) is 55.7 Å². The van der Waals surface area contributed by atoms with Gasteiger partial charge in [0, 0.05) is 26.2 Å². The van der Waals surface area contributed by atoms with Crippen molar-refractivity contribution >= 4 is 6.03 Å². The van der Waals surface area contributed by atoms with Crippen molar-refractivity contribution in [3.8, 4) is 0 Å². The summed E-state index contributed by atoms with van der Waals surface area (Å²) in [5.74, 6) is 0. The minimum absolute atomic E-state index is 0.0666. The second kappa shape index (κ2) is 8.19. The normalized spacial score (nSPS) is 28.1. The van der Waals surface area contributed by atoms with E-state index in [1.165, 1.54) is 36.8 Å². The van der Waals surface area contributed by atoms with Crippen LogP contribution in [0, 0.1) is 0 Å². The lowest BCUT2D eigenvalue weighted by Gasteiger charge is -2.49. The van der Waals surface area contributed by atoms with E-state index in [0.717, 1.165) is 45.5 Å². The molecule has 5 heteroatoms. The molecular formula is C22H33N3O2. The first-order valence-electron chi connectivity index (χ1n) is 10.7. The lowest BCUT2D eigenvalue weighted by Crippen LogP contribution is -2.64. The molecule has 1 aromatic carbocycles. The fourth-order valence-corrected chi connectivity index (χ4v) is 5.14. The smallest absolute Gasteiger partial charge is 0.315 e. The number of hydrogen-bond donors (Lipinski definition) is 2. The molecule has 2 unspecified atom stereocenters. The van der Waals surface area contributed by atoms with E-state index in [0.29, 0.717) is 6.54 Å². The molecular weight excluding hydrogens is 338 g/mol. The van der Waals surface area contributed by atoms with E-state index in [4.69, 9.17) is 4.74 Å². The molecule has 1 spiro atoms. The molecule has 27 heavy (non-hydrogen) atoms. The Labute approximate surface area is 162 Å². The fourth-order valence-electron chi connectivity index (χ4n) is 5.14. The second-order valence-electron chi connectivity index (χ2n) is 8.38. The third-order valence-electron chi connectivity index (χ3n) is 6.48. The van der Waals surface area contributed by atoms with E-state index in [2.05, 4.69) is 33.7 Å². The number of morpholine rings is 1. The summed E-state index contributed by atoms with van der Waals surface area (Å²) in [4.78, 5) is 14.7. The number of carbonyl (C=O) groups excluding carboxylic acids is 1. The third-order valence-corrected chi connectivity index (χ3v) is 6.48. The standard InChI is InChI=1S/C22H33N3O2/c1-2-23-21(26)24-20-8-3-4-11-22(20)16-25(12-13-27-22)15-17-9-10-18-6-5-7-19(18)14-17/h9-10,14,20H,2-8,11-13,15-16H2,1H3,(H2,23,24,26). The van der Waals surface area contributed by atoms with Crippen LogP contribution in [0.25, 0.3) is 0 Å². The van der Waals surface area contributed by atoms with Crippen LogP contribution in [0.3, 0.4) is 0 Å². The lowest BCUT2D eigenvalue weighted by molar-refractivity contribution is -0.142. The van der Waals surface area contributed by atoms with Gasteiger partial charge in [-0.15, -0.1) is 0 Å². The number of ether oxygens (including phenoxy) is 1. The zero-order valence-electron chi connectivity index (χ0n) is 16.6. The number of urea groups is 1. The molecule has 1 saturated heterocycles. The van der Waals surface area contributed by atoms with Crippen LogP contribution in [0.4, 0.5) is 4.79 Å². The van der Waals surface area contributed by atoms with Gasteiger partial charge in [0.25, 0.3) is 0 Å². The molecule has 1 aromatic rings. The Morgan fingerprint density at radius 3 is 3.04 bits per heavy atom. The second-order valence-corrected chi connectivity index (χ2v) is 8.38. The van der Waals surface area contributed by atoms with E-state index >= 15 is 0 Å². The molecule has 4 rings (SSSR count). The van der Waals surface area contributed by atoms with Gasteiger partial charge >= 0.3 is 6.03 Å².